The van der Waals surface area contributed by atoms with Crippen molar-refractivity contribution in [1.29, 1.82) is 0 Å². The molecule has 0 atom stereocenters. The summed E-state index contributed by atoms with van der Waals surface area (Å²) in [4.78, 5) is 24.8. The van der Waals surface area contributed by atoms with E-state index in [9.17, 15) is 9.59 Å². The van der Waals surface area contributed by atoms with Crippen molar-refractivity contribution in [3.63, 3.8) is 0 Å². The first-order valence-electron chi connectivity index (χ1n) is 7.17. The van der Waals surface area contributed by atoms with E-state index in [0.717, 1.165) is 11.4 Å². The van der Waals surface area contributed by atoms with Gasteiger partial charge in [-0.15, -0.1) is 10.2 Å². The number of likely N-dealkylation sites (N-methyl/N-ethyl adjacent to an activating group) is 2. The highest BCUT2D eigenvalue weighted by atomic mass is 32.2. The molecule has 0 spiro atoms. The second kappa shape index (κ2) is 8.34. The molecule has 0 bridgehead atoms. The fraction of sp³-hybridized carbons (Fsp3) is 0.333. The monoisotopic (exact) mass is 349 g/mol. The Labute approximate surface area is 144 Å². The van der Waals surface area contributed by atoms with Crippen LogP contribution in [0.25, 0.3) is 5.69 Å². The number of rotatable bonds is 7. The average molecular weight is 349 g/mol. The Bertz CT molecular complexity index is 719. The molecule has 8 nitrogen and oxygen atoms in total. The zero-order valence-corrected chi connectivity index (χ0v) is 14.5. The molecule has 0 saturated heterocycles. The lowest BCUT2D eigenvalue weighted by Gasteiger charge is -2.15. The van der Waals surface area contributed by atoms with Crippen molar-refractivity contribution in [3.05, 3.63) is 30.6 Å². The number of thioether (sulfide) groups is 1. The van der Waals surface area contributed by atoms with Gasteiger partial charge in [0.05, 0.1) is 25.1 Å². The molecule has 1 aromatic heterocycles. The molecule has 1 aromatic carbocycles. The number of nitrogens with one attached hydrogen (secondary N) is 1. The van der Waals surface area contributed by atoms with E-state index < -0.39 is 0 Å². The number of hydrogen-bond acceptors (Lipinski definition) is 6. The lowest BCUT2D eigenvalue weighted by atomic mass is 10.3. The van der Waals surface area contributed by atoms with Crippen LogP contribution in [0.1, 0.15) is 0 Å². The van der Waals surface area contributed by atoms with Crippen LogP contribution >= 0.6 is 11.8 Å². The quantitative estimate of drug-likeness (QED) is 0.735. The minimum absolute atomic E-state index is 0.0263. The Morgan fingerprint density at radius 3 is 2.92 bits per heavy atom. The van der Waals surface area contributed by atoms with Crippen molar-refractivity contribution in [2.75, 3.05) is 33.5 Å². The van der Waals surface area contributed by atoms with Gasteiger partial charge < -0.3 is 15.0 Å². The molecule has 0 unspecified atom stereocenters. The number of carbonyl (C=O) groups is 2. The summed E-state index contributed by atoms with van der Waals surface area (Å²) in [5.74, 6) is 0.508. The number of benzene rings is 1. The second-order valence-corrected chi connectivity index (χ2v) is 5.84. The fourth-order valence-corrected chi connectivity index (χ4v) is 2.75. The van der Waals surface area contributed by atoms with E-state index in [1.165, 1.54) is 23.7 Å². The standard InChI is InChI=1S/C15H19N5O3S/c1-16-13(21)8-19(2)14(22)9-24-15-18-17-10-20(15)11-5-4-6-12(7-11)23-3/h4-7,10H,8-9H2,1-3H3,(H,16,21). The van der Waals surface area contributed by atoms with Gasteiger partial charge in [0, 0.05) is 20.2 Å². The van der Waals surface area contributed by atoms with Crippen molar-refractivity contribution < 1.29 is 14.3 Å². The predicted octanol–water partition coefficient (Wildman–Crippen LogP) is 0.572. The number of carbonyl (C=O) groups excluding carboxylic acids is 2. The van der Waals surface area contributed by atoms with E-state index >= 15 is 0 Å². The van der Waals surface area contributed by atoms with Crippen LogP contribution in [-0.4, -0.2) is 65.0 Å². The molecule has 2 rings (SSSR count). The Morgan fingerprint density at radius 1 is 1.42 bits per heavy atom. The molecule has 1 heterocycles. The minimum Gasteiger partial charge on any atom is -0.497 e. The van der Waals surface area contributed by atoms with Crippen LogP contribution in [0.2, 0.25) is 0 Å². The van der Waals surface area contributed by atoms with E-state index in [4.69, 9.17) is 4.74 Å². The topological polar surface area (TPSA) is 89.4 Å². The molecule has 0 radical (unpaired) electrons. The first-order chi connectivity index (χ1) is 11.5. The van der Waals surface area contributed by atoms with Gasteiger partial charge in [0.15, 0.2) is 5.16 Å². The molecule has 24 heavy (non-hydrogen) atoms. The minimum atomic E-state index is -0.213. The maximum atomic E-state index is 12.1. The normalized spacial score (nSPS) is 10.3. The first kappa shape index (κ1) is 17.8. The summed E-state index contributed by atoms with van der Waals surface area (Å²) in [6.07, 6.45) is 1.58. The molecule has 0 aliphatic carbocycles. The number of nitrogens with zero attached hydrogens (tertiary/aromatic N) is 4. The Balaban J connectivity index is 2.03. The lowest BCUT2D eigenvalue weighted by molar-refractivity contribution is -0.132. The number of aromatic nitrogens is 3. The van der Waals surface area contributed by atoms with Gasteiger partial charge in [0.1, 0.15) is 12.1 Å². The van der Waals surface area contributed by atoms with Crippen LogP contribution in [0.4, 0.5) is 0 Å². The number of methoxy groups -OCH3 is 1. The largest absolute Gasteiger partial charge is 0.497 e. The number of hydrogen-bond donors (Lipinski definition) is 1. The Hall–Kier alpha value is -2.55. The summed E-state index contributed by atoms with van der Waals surface area (Å²) in [6.45, 7) is 0.0263. The van der Waals surface area contributed by atoms with Crippen LogP contribution in [0.15, 0.2) is 35.7 Å². The summed E-state index contributed by atoms with van der Waals surface area (Å²) in [5.41, 5.74) is 0.841. The smallest absolute Gasteiger partial charge is 0.239 e. The van der Waals surface area contributed by atoms with Crippen molar-refractivity contribution in [2.24, 2.45) is 0 Å². The number of amides is 2. The highest BCUT2D eigenvalue weighted by Gasteiger charge is 2.15. The average Bonchev–Trinajstić information content (AvgIpc) is 3.08. The van der Waals surface area contributed by atoms with Crippen molar-refractivity contribution >= 4 is 23.6 Å². The van der Waals surface area contributed by atoms with Crippen molar-refractivity contribution in [2.45, 2.75) is 5.16 Å². The summed E-state index contributed by atoms with van der Waals surface area (Å²) in [7, 11) is 4.72. The zero-order valence-electron chi connectivity index (χ0n) is 13.7. The molecule has 9 heteroatoms. The van der Waals surface area contributed by atoms with E-state index in [1.54, 1.807) is 25.1 Å². The molecule has 128 valence electrons. The predicted molar refractivity (Wildman–Crippen MR) is 90.3 cm³/mol. The highest BCUT2D eigenvalue weighted by molar-refractivity contribution is 7.99. The van der Waals surface area contributed by atoms with Crippen molar-refractivity contribution in [3.8, 4) is 11.4 Å². The van der Waals surface area contributed by atoms with Crippen LogP contribution in [0, 0.1) is 0 Å². The SMILES string of the molecule is CNC(=O)CN(C)C(=O)CSc1nncn1-c1cccc(OC)c1. The fourth-order valence-electron chi connectivity index (χ4n) is 1.88. The summed E-state index contributed by atoms with van der Waals surface area (Å²) in [5, 5.41) is 11.0. The molecular formula is C15H19N5O3S. The van der Waals surface area contributed by atoms with Crippen molar-refractivity contribution in [1.82, 2.24) is 25.0 Å². The van der Waals surface area contributed by atoms with Gasteiger partial charge >= 0.3 is 0 Å². The van der Waals surface area contributed by atoms with Gasteiger partial charge in [0.25, 0.3) is 0 Å². The zero-order chi connectivity index (χ0) is 17.5. The third-order valence-corrected chi connectivity index (χ3v) is 4.19. The highest BCUT2D eigenvalue weighted by Crippen LogP contribution is 2.22. The summed E-state index contributed by atoms with van der Waals surface area (Å²) in [6, 6.07) is 7.46. The molecule has 0 aliphatic heterocycles. The first-order valence-corrected chi connectivity index (χ1v) is 8.15. The summed E-state index contributed by atoms with van der Waals surface area (Å²) >= 11 is 1.26. The van der Waals surface area contributed by atoms with Gasteiger partial charge in [-0.1, -0.05) is 17.8 Å². The van der Waals surface area contributed by atoms with Gasteiger partial charge in [0.2, 0.25) is 11.8 Å². The molecule has 0 saturated carbocycles. The van der Waals surface area contributed by atoms with E-state index in [-0.39, 0.29) is 24.1 Å². The molecule has 1 N–H and O–H groups in total. The lowest BCUT2D eigenvalue weighted by Crippen LogP contribution is -2.37. The molecule has 0 fully saturated rings. The van der Waals surface area contributed by atoms with Gasteiger partial charge in [-0.25, -0.2) is 0 Å². The van der Waals surface area contributed by atoms with Crippen LogP contribution < -0.4 is 10.1 Å². The van der Waals surface area contributed by atoms with E-state index in [1.807, 2.05) is 24.3 Å². The van der Waals surface area contributed by atoms with Crippen LogP contribution in [0.5, 0.6) is 5.75 Å². The second-order valence-electron chi connectivity index (χ2n) is 4.90. The Kier molecular flexibility index (Phi) is 6.19. The third-order valence-electron chi connectivity index (χ3n) is 3.26. The third kappa shape index (κ3) is 4.48. The van der Waals surface area contributed by atoms with Gasteiger partial charge in [-0.05, 0) is 12.1 Å². The van der Waals surface area contributed by atoms with Gasteiger partial charge in [-0.2, -0.15) is 0 Å². The molecule has 0 aliphatic rings. The van der Waals surface area contributed by atoms with E-state index in [2.05, 4.69) is 15.5 Å². The number of ether oxygens (including phenoxy) is 1. The summed E-state index contributed by atoms with van der Waals surface area (Å²) < 4.78 is 6.99. The maximum Gasteiger partial charge on any atom is 0.239 e. The Morgan fingerprint density at radius 2 is 2.21 bits per heavy atom. The maximum absolute atomic E-state index is 12.1. The molecule has 2 aromatic rings. The molecular weight excluding hydrogens is 330 g/mol. The molecule has 2 amide bonds. The van der Waals surface area contributed by atoms with Crippen LogP contribution in [-0.2, 0) is 9.59 Å². The van der Waals surface area contributed by atoms with Crippen LogP contribution in [0.3, 0.4) is 0 Å². The van der Waals surface area contributed by atoms with Gasteiger partial charge in [-0.3, -0.25) is 14.2 Å². The van der Waals surface area contributed by atoms with E-state index in [0.29, 0.717) is 5.16 Å².